The molecule has 2 aromatic carbocycles. The van der Waals surface area contributed by atoms with Crippen LogP contribution in [-0.4, -0.2) is 25.2 Å². The lowest BCUT2D eigenvalue weighted by molar-refractivity contribution is 0.0263. The number of ether oxygens (including phenoxy) is 2. The van der Waals surface area contributed by atoms with Gasteiger partial charge in [-0.3, -0.25) is 0 Å². The van der Waals surface area contributed by atoms with Crippen LogP contribution >= 0.6 is 0 Å². The zero-order valence-electron chi connectivity index (χ0n) is 9.51. The lowest BCUT2D eigenvalue weighted by atomic mass is 9.99. The highest BCUT2D eigenvalue weighted by Crippen LogP contribution is 2.24. The Balaban J connectivity index is 2.35. The van der Waals surface area contributed by atoms with E-state index in [9.17, 15) is 9.59 Å². The van der Waals surface area contributed by atoms with E-state index in [4.69, 9.17) is 9.47 Å². The lowest BCUT2D eigenvalue weighted by Crippen LogP contribution is -2.17. The van der Waals surface area contributed by atoms with Gasteiger partial charge in [0, 0.05) is 0 Å². The normalized spacial score (nSPS) is 15.3. The fraction of sp³-hybridized carbons (Fsp3) is 0.143. The van der Waals surface area contributed by atoms with Crippen molar-refractivity contribution < 1.29 is 19.1 Å². The lowest BCUT2D eigenvalue weighted by Gasteiger charge is -2.13. The minimum absolute atomic E-state index is 0.0807. The van der Waals surface area contributed by atoms with Crippen LogP contribution in [0.15, 0.2) is 36.4 Å². The van der Waals surface area contributed by atoms with Crippen molar-refractivity contribution >= 4 is 22.7 Å². The van der Waals surface area contributed by atoms with Crippen LogP contribution in [0.25, 0.3) is 10.8 Å². The summed E-state index contributed by atoms with van der Waals surface area (Å²) in [5.41, 5.74) is 0.952. The van der Waals surface area contributed by atoms with Gasteiger partial charge in [-0.2, -0.15) is 0 Å². The Morgan fingerprint density at radius 3 is 1.61 bits per heavy atom. The Hall–Kier alpha value is -2.36. The summed E-state index contributed by atoms with van der Waals surface area (Å²) in [4.78, 5) is 23.7. The van der Waals surface area contributed by atoms with Crippen molar-refractivity contribution in [2.24, 2.45) is 0 Å². The first-order chi connectivity index (χ1) is 8.77. The fourth-order valence-electron chi connectivity index (χ4n) is 2.08. The highest BCUT2D eigenvalue weighted by Gasteiger charge is 2.19. The van der Waals surface area contributed by atoms with Crippen molar-refractivity contribution in [3.63, 3.8) is 0 Å². The monoisotopic (exact) mass is 242 g/mol. The molecule has 2 aromatic rings. The summed E-state index contributed by atoms with van der Waals surface area (Å²) in [6, 6.07) is 10.4. The first-order valence-corrected chi connectivity index (χ1v) is 5.63. The van der Waals surface area contributed by atoms with Crippen LogP contribution in [0.5, 0.6) is 0 Å². The number of rotatable bonds is 0. The standard InChI is InChI=1S/C14H10O4/c15-13-11-5-6-12(14(16)18-8-7-17-13)10-4-2-1-3-9(10)11/h1-6H,7-8H2. The van der Waals surface area contributed by atoms with E-state index in [1.54, 1.807) is 24.3 Å². The molecule has 0 unspecified atom stereocenters. The van der Waals surface area contributed by atoms with Gasteiger partial charge in [0.2, 0.25) is 0 Å². The average molecular weight is 242 g/mol. The molecule has 1 heterocycles. The minimum atomic E-state index is -0.393. The maximum absolute atomic E-state index is 11.9. The molecule has 18 heavy (non-hydrogen) atoms. The van der Waals surface area contributed by atoms with Crippen LogP contribution in [-0.2, 0) is 9.47 Å². The maximum Gasteiger partial charge on any atom is 0.338 e. The summed E-state index contributed by atoms with van der Waals surface area (Å²) in [5, 5.41) is 1.41. The second-order valence-corrected chi connectivity index (χ2v) is 3.98. The molecule has 3 rings (SSSR count). The second-order valence-electron chi connectivity index (χ2n) is 3.98. The van der Waals surface area contributed by atoms with Crippen LogP contribution in [0, 0.1) is 0 Å². The third-order valence-corrected chi connectivity index (χ3v) is 2.91. The second kappa shape index (κ2) is 4.14. The molecule has 0 fully saturated rings. The zero-order valence-corrected chi connectivity index (χ0v) is 9.51. The number of benzene rings is 2. The van der Waals surface area contributed by atoms with Gasteiger partial charge < -0.3 is 9.47 Å². The molecule has 90 valence electrons. The minimum Gasteiger partial charge on any atom is -0.458 e. The number of carbonyl (C=O) groups is 2. The molecule has 4 nitrogen and oxygen atoms in total. The Morgan fingerprint density at radius 2 is 1.17 bits per heavy atom. The molecule has 2 bridgehead atoms. The van der Waals surface area contributed by atoms with Gasteiger partial charge in [-0.15, -0.1) is 0 Å². The third-order valence-electron chi connectivity index (χ3n) is 2.91. The number of hydrogen-bond acceptors (Lipinski definition) is 4. The molecule has 0 saturated heterocycles. The van der Waals surface area contributed by atoms with Crippen molar-refractivity contribution in [1.29, 1.82) is 0 Å². The molecular weight excluding hydrogens is 232 g/mol. The smallest absolute Gasteiger partial charge is 0.338 e. The van der Waals surface area contributed by atoms with Crippen LogP contribution < -0.4 is 0 Å². The van der Waals surface area contributed by atoms with Crippen LogP contribution in [0.1, 0.15) is 20.7 Å². The van der Waals surface area contributed by atoms with Gasteiger partial charge >= 0.3 is 11.9 Å². The molecule has 4 heteroatoms. The van der Waals surface area contributed by atoms with Gasteiger partial charge in [-0.25, -0.2) is 9.59 Å². The van der Waals surface area contributed by atoms with E-state index in [1.165, 1.54) is 0 Å². The summed E-state index contributed by atoms with van der Waals surface area (Å²) in [7, 11) is 0. The van der Waals surface area contributed by atoms with E-state index in [0.29, 0.717) is 21.9 Å². The Morgan fingerprint density at radius 1 is 0.722 bits per heavy atom. The highest BCUT2D eigenvalue weighted by molar-refractivity contribution is 6.11. The zero-order chi connectivity index (χ0) is 12.5. The first-order valence-electron chi connectivity index (χ1n) is 5.63. The van der Waals surface area contributed by atoms with Gasteiger partial charge in [0.25, 0.3) is 0 Å². The molecule has 0 radical (unpaired) electrons. The van der Waals surface area contributed by atoms with E-state index in [1.807, 2.05) is 12.1 Å². The number of carbonyl (C=O) groups excluding carboxylic acids is 2. The summed E-state index contributed by atoms with van der Waals surface area (Å²) in [6.07, 6.45) is 0. The fourth-order valence-corrected chi connectivity index (χ4v) is 2.08. The maximum atomic E-state index is 11.9. The molecule has 0 N–H and O–H groups in total. The van der Waals surface area contributed by atoms with E-state index in [2.05, 4.69) is 0 Å². The quantitative estimate of drug-likeness (QED) is 0.664. The molecule has 0 saturated carbocycles. The van der Waals surface area contributed by atoms with Gasteiger partial charge in [0.05, 0.1) is 11.1 Å². The largest absolute Gasteiger partial charge is 0.458 e. The van der Waals surface area contributed by atoms with E-state index in [-0.39, 0.29) is 13.2 Å². The summed E-state index contributed by atoms with van der Waals surface area (Å²) >= 11 is 0. The Bertz CT molecular complexity index is 589. The predicted octanol–water partition coefficient (Wildman–Crippen LogP) is 2.17. The predicted molar refractivity (Wildman–Crippen MR) is 64.5 cm³/mol. The molecular formula is C14H10O4. The van der Waals surface area contributed by atoms with Gasteiger partial charge in [0.15, 0.2) is 0 Å². The van der Waals surface area contributed by atoms with Crippen molar-refractivity contribution in [2.75, 3.05) is 13.2 Å². The first kappa shape index (κ1) is 10.8. The van der Waals surface area contributed by atoms with Crippen molar-refractivity contribution in [3.05, 3.63) is 47.5 Å². The highest BCUT2D eigenvalue weighted by atomic mass is 16.6. The summed E-state index contributed by atoms with van der Waals surface area (Å²) < 4.78 is 10.1. The average Bonchev–Trinajstić information content (AvgIpc) is 2.41. The van der Waals surface area contributed by atoms with Crippen LogP contribution in [0.4, 0.5) is 0 Å². The van der Waals surface area contributed by atoms with Crippen LogP contribution in [0.2, 0.25) is 0 Å². The Kier molecular flexibility index (Phi) is 2.48. The van der Waals surface area contributed by atoms with Crippen molar-refractivity contribution in [2.45, 2.75) is 0 Å². The van der Waals surface area contributed by atoms with Crippen LogP contribution in [0.3, 0.4) is 0 Å². The van der Waals surface area contributed by atoms with Crippen molar-refractivity contribution in [3.8, 4) is 0 Å². The molecule has 0 amide bonds. The van der Waals surface area contributed by atoms with Gasteiger partial charge in [-0.05, 0) is 22.9 Å². The molecule has 0 aliphatic carbocycles. The van der Waals surface area contributed by atoms with E-state index in [0.717, 1.165) is 0 Å². The Labute approximate surface area is 103 Å². The van der Waals surface area contributed by atoms with Gasteiger partial charge in [0.1, 0.15) is 13.2 Å². The molecule has 0 spiro atoms. The molecule has 1 aliphatic rings. The number of hydrogen-bond donors (Lipinski definition) is 0. The third kappa shape index (κ3) is 1.62. The molecule has 0 atom stereocenters. The molecule has 0 aromatic heterocycles. The van der Waals surface area contributed by atoms with Crippen molar-refractivity contribution in [1.82, 2.24) is 0 Å². The summed E-state index contributed by atoms with van der Waals surface area (Å²) in [5.74, 6) is -0.786. The van der Waals surface area contributed by atoms with E-state index < -0.39 is 11.9 Å². The topological polar surface area (TPSA) is 52.6 Å². The number of cyclic esters (lactones) is 2. The summed E-state index contributed by atoms with van der Waals surface area (Å²) in [6.45, 7) is 0.161. The van der Waals surface area contributed by atoms with E-state index >= 15 is 0 Å². The molecule has 1 aliphatic heterocycles. The van der Waals surface area contributed by atoms with Gasteiger partial charge in [-0.1, -0.05) is 24.3 Å². The number of esters is 2. The SMILES string of the molecule is O=C1OCCOC(=O)c2ccc1c1ccccc21. The number of fused-ring (bicyclic) bond motifs is 6.